The first kappa shape index (κ1) is 13.1. The van der Waals surface area contributed by atoms with Gasteiger partial charge in [-0.25, -0.2) is 0 Å². The van der Waals surface area contributed by atoms with E-state index in [0.717, 1.165) is 5.39 Å². The Morgan fingerprint density at radius 1 is 0.900 bits per heavy atom. The highest BCUT2D eigenvalue weighted by Gasteiger charge is 2.13. The smallest absolute Gasteiger partial charge is 0.193 e. The van der Waals surface area contributed by atoms with Crippen molar-refractivity contribution in [3.8, 4) is 0 Å². The first-order chi connectivity index (χ1) is 9.65. The Balaban J connectivity index is 2.14. The molecule has 0 aliphatic rings. The van der Waals surface area contributed by atoms with Crippen LogP contribution in [0.5, 0.6) is 0 Å². The minimum Gasteiger partial charge on any atom is -0.289 e. The zero-order valence-corrected chi connectivity index (χ0v) is 11.8. The molecule has 0 fully saturated rings. The molecular formula is C16H9Cl2NO. The topological polar surface area (TPSA) is 30.0 Å². The average Bonchev–Trinajstić information content (AvgIpc) is 2.46. The number of ketones is 1. The molecule has 0 N–H and O–H groups in total. The van der Waals surface area contributed by atoms with Crippen molar-refractivity contribution >= 4 is 39.9 Å². The van der Waals surface area contributed by atoms with Gasteiger partial charge in [-0.3, -0.25) is 9.78 Å². The van der Waals surface area contributed by atoms with Gasteiger partial charge in [0.1, 0.15) is 0 Å². The number of rotatable bonds is 2. The van der Waals surface area contributed by atoms with Crippen molar-refractivity contribution in [1.82, 2.24) is 4.98 Å². The van der Waals surface area contributed by atoms with Gasteiger partial charge >= 0.3 is 0 Å². The van der Waals surface area contributed by atoms with Crippen molar-refractivity contribution < 1.29 is 4.79 Å². The second-order valence-electron chi connectivity index (χ2n) is 4.36. The van der Waals surface area contributed by atoms with Crippen LogP contribution >= 0.6 is 23.2 Å². The molecular weight excluding hydrogens is 293 g/mol. The minimum absolute atomic E-state index is 0.0589. The summed E-state index contributed by atoms with van der Waals surface area (Å²) in [7, 11) is 0. The first-order valence-corrected chi connectivity index (χ1v) is 6.75. The number of hydrogen-bond donors (Lipinski definition) is 0. The lowest BCUT2D eigenvalue weighted by atomic mass is 10.00. The number of halogens is 2. The van der Waals surface area contributed by atoms with Gasteiger partial charge in [-0.05, 0) is 42.5 Å². The highest BCUT2D eigenvalue weighted by atomic mass is 35.5. The van der Waals surface area contributed by atoms with E-state index in [0.29, 0.717) is 26.7 Å². The zero-order valence-electron chi connectivity index (χ0n) is 10.3. The van der Waals surface area contributed by atoms with Gasteiger partial charge in [0.05, 0.1) is 5.52 Å². The molecule has 0 unspecified atom stereocenters. The number of benzene rings is 2. The highest BCUT2D eigenvalue weighted by Crippen LogP contribution is 2.23. The number of pyridine rings is 1. The Bertz CT molecular complexity index is 797. The fourth-order valence-electron chi connectivity index (χ4n) is 2.08. The number of nitrogens with zero attached hydrogens (tertiary/aromatic N) is 1. The maximum Gasteiger partial charge on any atom is 0.193 e. The van der Waals surface area contributed by atoms with Crippen LogP contribution in [-0.2, 0) is 0 Å². The molecule has 0 atom stereocenters. The third-order valence-corrected chi connectivity index (χ3v) is 3.54. The van der Waals surface area contributed by atoms with E-state index in [9.17, 15) is 4.79 Å². The molecule has 0 radical (unpaired) electrons. The van der Waals surface area contributed by atoms with Gasteiger partial charge in [0, 0.05) is 32.8 Å². The summed E-state index contributed by atoms with van der Waals surface area (Å²) in [4.78, 5) is 16.8. The molecule has 0 aliphatic carbocycles. The van der Waals surface area contributed by atoms with E-state index in [2.05, 4.69) is 4.98 Å². The summed E-state index contributed by atoms with van der Waals surface area (Å²) >= 11 is 11.8. The number of carbonyl (C=O) groups excluding carboxylic acids is 1. The Morgan fingerprint density at radius 3 is 2.35 bits per heavy atom. The number of carbonyl (C=O) groups is 1. The van der Waals surface area contributed by atoms with Gasteiger partial charge in [-0.15, -0.1) is 0 Å². The molecule has 1 heterocycles. The van der Waals surface area contributed by atoms with E-state index in [1.807, 2.05) is 6.07 Å². The molecule has 98 valence electrons. The minimum atomic E-state index is -0.0589. The molecule has 0 spiro atoms. The van der Waals surface area contributed by atoms with Crippen molar-refractivity contribution in [2.24, 2.45) is 0 Å². The molecule has 0 bridgehead atoms. The summed E-state index contributed by atoms with van der Waals surface area (Å²) in [5.74, 6) is -0.0589. The van der Waals surface area contributed by atoms with Crippen LogP contribution in [0.2, 0.25) is 10.0 Å². The van der Waals surface area contributed by atoms with Crippen molar-refractivity contribution in [3.05, 3.63) is 75.9 Å². The van der Waals surface area contributed by atoms with Crippen LogP contribution in [-0.4, -0.2) is 10.8 Å². The maximum absolute atomic E-state index is 12.6. The summed E-state index contributed by atoms with van der Waals surface area (Å²) in [6, 6.07) is 13.9. The normalized spacial score (nSPS) is 10.7. The lowest BCUT2D eigenvalue weighted by molar-refractivity contribution is 0.104. The molecule has 0 aliphatic heterocycles. The molecule has 1 aromatic heterocycles. The van der Waals surface area contributed by atoms with Gasteiger partial charge in [0.25, 0.3) is 0 Å². The molecule has 0 amide bonds. The summed E-state index contributed by atoms with van der Waals surface area (Å²) in [5, 5.41) is 1.99. The number of hydrogen-bond acceptors (Lipinski definition) is 2. The van der Waals surface area contributed by atoms with Gasteiger partial charge in [0.2, 0.25) is 0 Å². The largest absolute Gasteiger partial charge is 0.289 e. The van der Waals surface area contributed by atoms with Crippen molar-refractivity contribution in [1.29, 1.82) is 0 Å². The van der Waals surface area contributed by atoms with Crippen LogP contribution in [0.4, 0.5) is 0 Å². The second kappa shape index (κ2) is 5.23. The Hall–Kier alpha value is -1.90. The molecule has 3 aromatic rings. The van der Waals surface area contributed by atoms with Crippen molar-refractivity contribution in [3.63, 3.8) is 0 Å². The Kier molecular flexibility index (Phi) is 3.43. The summed E-state index contributed by atoms with van der Waals surface area (Å²) in [6.07, 6.45) is 1.61. The van der Waals surface area contributed by atoms with Gasteiger partial charge < -0.3 is 0 Å². The monoisotopic (exact) mass is 301 g/mol. The molecule has 3 rings (SSSR count). The van der Waals surface area contributed by atoms with Crippen LogP contribution in [0.1, 0.15) is 15.9 Å². The van der Waals surface area contributed by atoms with Crippen LogP contribution < -0.4 is 0 Å². The zero-order chi connectivity index (χ0) is 14.1. The van der Waals surface area contributed by atoms with E-state index < -0.39 is 0 Å². The van der Waals surface area contributed by atoms with Crippen molar-refractivity contribution in [2.45, 2.75) is 0 Å². The van der Waals surface area contributed by atoms with E-state index in [-0.39, 0.29) is 5.78 Å². The fraction of sp³-hybridized carbons (Fsp3) is 0. The van der Waals surface area contributed by atoms with Crippen LogP contribution in [0.25, 0.3) is 10.9 Å². The molecule has 4 heteroatoms. The Morgan fingerprint density at radius 2 is 1.60 bits per heavy atom. The standard InChI is InChI=1S/C16H9Cl2NO/c17-11-3-1-10(2-4-11)16(20)14-7-8-19-15-9-12(18)5-6-13(14)15/h1-9H. The van der Waals surface area contributed by atoms with E-state index in [1.54, 1.807) is 48.7 Å². The van der Waals surface area contributed by atoms with Gasteiger partial charge in [0.15, 0.2) is 5.78 Å². The first-order valence-electron chi connectivity index (χ1n) is 6.00. The third kappa shape index (κ3) is 2.40. The maximum atomic E-state index is 12.6. The number of aromatic nitrogens is 1. The molecule has 0 saturated heterocycles. The molecule has 0 saturated carbocycles. The summed E-state index contributed by atoms with van der Waals surface area (Å²) in [6.45, 7) is 0. The summed E-state index contributed by atoms with van der Waals surface area (Å²) in [5.41, 5.74) is 1.91. The van der Waals surface area contributed by atoms with E-state index >= 15 is 0 Å². The lowest BCUT2D eigenvalue weighted by Gasteiger charge is -2.06. The van der Waals surface area contributed by atoms with Crippen LogP contribution in [0.3, 0.4) is 0 Å². The number of fused-ring (bicyclic) bond motifs is 1. The molecule has 2 nitrogen and oxygen atoms in total. The molecule has 20 heavy (non-hydrogen) atoms. The predicted octanol–water partition coefficient (Wildman–Crippen LogP) is 4.77. The fourth-order valence-corrected chi connectivity index (χ4v) is 2.37. The van der Waals surface area contributed by atoms with Crippen LogP contribution in [0.15, 0.2) is 54.7 Å². The van der Waals surface area contributed by atoms with Crippen LogP contribution in [0, 0.1) is 0 Å². The summed E-state index contributed by atoms with van der Waals surface area (Å²) < 4.78 is 0. The Labute approximate surface area is 126 Å². The lowest BCUT2D eigenvalue weighted by Crippen LogP contribution is -2.02. The SMILES string of the molecule is O=C(c1ccc(Cl)cc1)c1ccnc2cc(Cl)ccc12. The van der Waals surface area contributed by atoms with Crippen molar-refractivity contribution in [2.75, 3.05) is 0 Å². The predicted molar refractivity (Wildman–Crippen MR) is 81.6 cm³/mol. The van der Waals surface area contributed by atoms with Gasteiger partial charge in [-0.1, -0.05) is 29.3 Å². The van der Waals surface area contributed by atoms with Gasteiger partial charge in [-0.2, -0.15) is 0 Å². The molecule has 2 aromatic carbocycles. The van der Waals surface area contributed by atoms with E-state index in [4.69, 9.17) is 23.2 Å². The quantitative estimate of drug-likeness (QED) is 0.638. The average molecular weight is 302 g/mol. The second-order valence-corrected chi connectivity index (χ2v) is 5.23. The van der Waals surface area contributed by atoms with E-state index in [1.165, 1.54) is 0 Å². The third-order valence-electron chi connectivity index (χ3n) is 3.06. The highest BCUT2D eigenvalue weighted by molar-refractivity contribution is 6.31.